The lowest BCUT2D eigenvalue weighted by molar-refractivity contribution is -0.168. The average Bonchev–Trinajstić information content (AvgIpc) is 2.37. The minimum atomic E-state index is -0.495. The van der Waals surface area contributed by atoms with Crippen LogP contribution in [0.2, 0.25) is 0 Å². The zero-order valence-electron chi connectivity index (χ0n) is 11.3. The number of hydrogen-bond donors (Lipinski definition) is 3. The van der Waals surface area contributed by atoms with Crippen LogP contribution in [0.5, 0.6) is 0 Å². The Morgan fingerprint density at radius 1 is 1.44 bits per heavy atom. The van der Waals surface area contributed by atoms with Crippen molar-refractivity contribution < 1.29 is 14.8 Å². The summed E-state index contributed by atoms with van der Waals surface area (Å²) >= 11 is 0. The molecule has 0 saturated carbocycles. The average molecular weight is 259 g/mol. The predicted molar refractivity (Wildman–Crippen MR) is 68.6 cm³/mol. The molecule has 2 amide bonds. The van der Waals surface area contributed by atoms with Crippen LogP contribution in [-0.4, -0.2) is 35.3 Å². The third-order valence-electron chi connectivity index (χ3n) is 3.06. The minimum Gasteiger partial charge on any atom is -0.343 e. The van der Waals surface area contributed by atoms with E-state index in [0.29, 0.717) is 24.3 Å². The van der Waals surface area contributed by atoms with E-state index in [1.807, 2.05) is 6.92 Å². The molecule has 0 saturated heterocycles. The van der Waals surface area contributed by atoms with Gasteiger partial charge in [-0.25, -0.2) is 5.06 Å². The van der Waals surface area contributed by atoms with E-state index in [0.717, 1.165) is 19.3 Å². The van der Waals surface area contributed by atoms with Crippen LogP contribution in [0.4, 0.5) is 0 Å². The number of rotatable bonds is 10. The molecule has 0 aliphatic rings. The van der Waals surface area contributed by atoms with Gasteiger partial charge in [-0.3, -0.25) is 14.8 Å². The summed E-state index contributed by atoms with van der Waals surface area (Å²) in [5.41, 5.74) is 5.29. The summed E-state index contributed by atoms with van der Waals surface area (Å²) in [6.45, 7) is 3.97. The molecule has 6 heteroatoms. The molecule has 4 N–H and O–H groups in total. The van der Waals surface area contributed by atoms with Gasteiger partial charge < -0.3 is 11.1 Å². The summed E-state index contributed by atoms with van der Waals surface area (Å²) in [4.78, 5) is 22.6. The highest BCUT2D eigenvalue weighted by Gasteiger charge is 2.30. The Morgan fingerprint density at radius 3 is 2.56 bits per heavy atom. The molecular formula is C12H25N3O3. The molecule has 0 aromatic heterocycles. The fraction of sp³-hybridized carbons (Fsp3) is 0.833. The third-order valence-corrected chi connectivity index (χ3v) is 3.06. The Hall–Kier alpha value is -1.14. The van der Waals surface area contributed by atoms with Crippen molar-refractivity contribution in [1.29, 1.82) is 0 Å². The molecule has 18 heavy (non-hydrogen) atoms. The number of carbonyl (C=O) groups is 2. The summed E-state index contributed by atoms with van der Waals surface area (Å²) in [7, 11) is 0. The SMILES string of the molecule is CCCCCC(C(=O)NCN)C(CC)N(O)C=O. The van der Waals surface area contributed by atoms with Gasteiger partial charge in [0.15, 0.2) is 0 Å². The van der Waals surface area contributed by atoms with Gasteiger partial charge in [-0.2, -0.15) is 0 Å². The lowest BCUT2D eigenvalue weighted by atomic mass is 9.90. The van der Waals surface area contributed by atoms with E-state index in [2.05, 4.69) is 12.2 Å². The van der Waals surface area contributed by atoms with Gasteiger partial charge >= 0.3 is 0 Å². The molecule has 0 bridgehead atoms. The fourth-order valence-electron chi connectivity index (χ4n) is 2.08. The molecular weight excluding hydrogens is 234 g/mol. The van der Waals surface area contributed by atoms with Gasteiger partial charge in [0, 0.05) is 0 Å². The number of carbonyl (C=O) groups excluding carboxylic acids is 2. The molecule has 0 aromatic carbocycles. The second-order valence-electron chi connectivity index (χ2n) is 4.31. The fourth-order valence-corrected chi connectivity index (χ4v) is 2.08. The van der Waals surface area contributed by atoms with Gasteiger partial charge in [-0.15, -0.1) is 0 Å². The van der Waals surface area contributed by atoms with E-state index in [-0.39, 0.29) is 12.6 Å². The summed E-state index contributed by atoms with van der Waals surface area (Å²) in [5, 5.41) is 12.7. The van der Waals surface area contributed by atoms with Gasteiger partial charge in [0.1, 0.15) is 0 Å². The van der Waals surface area contributed by atoms with Crippen molar-refractivity contribution >= 4 is 12.3 Å². The molecule has 2 unspecified atom stereocenters. The van der Waals surface area contributed by atoms with Crippen molar-refractivity contribution in [3.8, 4) is 0 Å². The quantitative estimate of drug-likeness (QED) is 0.178. The minimum absolute atomic E-state index is 0.0616. The van der Waals surface area contributed by atoms with Crippen LogP contribution in [0.25, 0.3) is 0 Å². The highest BCUT2D eigenvalue weighted by Crippen LogP contribution is 2.20. The van der Waals surface area contributed by atoms with Crippen molar-refractivity contribution in [3.05, 3.63) is 0 Å². The van der Waals surface area contributed by atoms with Crippen molar-refractivity contribution in [3.63, 3.8) is 0 Å². The van der Waals surface area contributed by atoms with E-state index in [4.69, 9.17) is 5.73 Å². The first-order chi connectivity index (χ1) is 8.62. The van der Waals surface area contributed by atoms with Crippen LogP contribution in [0.1, 0.15) is 46.0 Å². The second kappa shape index (κ2) is 9.85. The van der Waals surface area contributed by atoms with Crippen LogP contribution in [0.15, 0.2) is 0 Å². The summed E-state index contributed by atoms with van der Waals surface area (Å²) in [6, 6.07) is -0.495. The van der Waals surface area contributed by atoms with Gasteiger partial charge in [-0.05, 0) is 12.8 Å². The number of nitrogens with zero attached hydrogens (tertiary/aromatic N) is 1. The second-order valence-corrected chi connectivity index (χ2v) is 4.31. The smallest absolute Gasteiger partial charge is 0.233 e. The number of nitrogens with two attached hydrogens (primary N) is 1. The first kappa shape index (κ1) is 16.9. The van der Waals surface area contributed by atoms with Crippen LogP contribution in [0.3, 0.4) is 0 Å². The van der Waals surface area contributed by atoms with Gasteiger partial charge in [-0.1, -0.05) is 33.1 Å². The maximum atomic E-state index is 11.9. The Bertz CT molecular complexity index is 249. The molecule has 0 spiro atoms. The van der Waals surface area contributed by atoms with Crippen molar-refractivity contribution in [2.24, 2.45) is 11.7 Å². The first-order valence-corrected chi connectivity index (χ1v) is 6.52. The Morgan fingerprint density at radius 2 is 2.11 bits per heavy atom. The van der Waals surface area contributed by atoms with E-state index >= 15 is 0 Å². The van der Waals surface area contributed by atoms with E-state index in [1.165, 1.54) is 0 Å². The maximum Gasteiger partial charge on any atom is 0.233 e. The topological polar surface area (TPSA) is 95.7 Å². The number of nitrogens with one attached hydrogen (secondary N) is 1. The Balaban J connectivity index is 4.68. The number of hydroxylamine groups is 2. The third kappa shape index (κ3) is 5.46. The molecule has 0 heterocycles. The highest BCUT2D eigenvalue weighted by molar-refractivity contribution is 5.79. The van der Waals surface area contributed by atoms with Crippen LogP contribution >= 0.6 is 0 Å². The standard InChI is InChI=1S/C12H25N3O3/c1-3-5-6-7-10(12(17)14-8-13)11(4-2)15(18)9-16/h9-11,18H,3-8,13H2,1-2H3,(H,14,17). The molecule has 0 aliphatic heterocycles. The van der Waals surface area contributed by atoms with Gasteiger partial charge in [0.25, 0.3) is 0 Å². The molecule has 0 aliphatic carbocycles. The number of unbranched alkanes of at least 4 members (excludes halogenated alkanes) is 2. The summed E-state index contributed by atoms with van der Waals surface area (Å²) < 4.78 is 0. The zero-order chi connectivity index (χ0) is 14.0. The predicted octanol–water partition coefficient (Wildman–Crippen LogP) is 0.841. The summed E-state index contributed by atoms with van der Waals surface area (Å²) in [6.07, 6.45) is 4.47. The molecule has 0 fully saturated rings. The van der Waals surface area contributed by atoms with Gasteiger partial charge in [0.05, 0.1) is 18.6 Å². The van der Waals surface area contributed by atoms with Crippen LogP contribution < -0.4 is 11.1 Å². The van der Waals surface area contributed by atoms with E-state index < -0.39 is 12.0 Å². The van der Waals surface area contributed by atoms with Crippen LogP contribution in [-0.2, 0) is 9.59 Å². The Labute approximate surface area is 108 Å². The van der Waals surface area contributed by atoms with Crippen molar-refractivity contribution in [2.45, 2.75) is 52.0 Å². The normalized spacial score (nSPS) is 13.8. The number of hydrogen-bond acceptors (Lipinski definition) is 4. The largest absolute Gasteiger partial charge is 0.343 e. The lowest BCUT2D eigenvalue weighted by Crippen LogP contribution is -2.46. The molecule has 0 radical (unpaired) electrons. The molecule has 6 nitrogen and oxygen atoms in total. The molecule has 0 aromatic rings. The lowest BCUT2D eigenvalue weighted by Gasteiger charge is -2.29. The highest BCUT2D eigenvalue weighted by atomic mass is 16.5. The molecule has 0 rings (SSSR count). The monoisotopic (exact) mass is 259 g/mol. The maximum absolute atomic E-state index is 11.9. The van der Waals surface area contributed by atoms with E-state index in [9.17, 15) is 14.8 Å². The van der Waals surface area contributed by atoms with Crippen molar-refractivity contribution in [1.82, 2.24) is 10.4 Å². The number of amides is 2. The first-order valence-electron chi connectivity index (χ1n) is 6.52. The van der Waals surface area contributed by atoms with E-state index in [1.54, 1.807) is 0 Å². The van der Waals surface area contributed by atoms with Gasteiger partial charge in [0.2, 0.25) is 12.3 Å². The molecule has 106 valence electrons. The Kier molecular flexibility index (Phi) is 9.22. The molecule has 2 atom stereocenters. The van der Waals surface area contributed by atoms with Crippen LogP contribution in [0, 0.1) is 5.92 Å². The van der Waals surface area contributed by atoms with Crippen molar-refractivity contribution in [2.75, 3.05) is 6.67 Å². The zero-order valence-corrected chi connectivity index (χ0v) is 11.3. The summed E-state index contributed by atoms with van der Waals surface area (Å²) in [5.74, 6) is -0.623.